The van der Waals surface area contributed by atoms with E-state index in [1.54, 1.807) is 11.3 Å². The average Bonchev–Trinajstić information content (AvgIpc) is 3.17. The first-order chi connectivity index (χ1) is 10.3. The maximum absolute atomic E-state index is 5.47. The quantitative estimate of drug-likeness (QED) is 0.735. The molecule has 4 rings (SSSR count). The van der Waals surface area contributed by atoms with Crippen LogP contribution in [0.3, 0.4) is 0 Å². The van der Waals surface area contributed by atoms with Crippen LogP contribution >= 0.6 is 11.3 Å². The molecule has 21 heavy (non-hydrogen) atoms. The Kier molecular flexibility index (Phi) is 3.24. The van der Waals surface area contributed by atoms with E-state index in [4.69, 9.17) is 9.51 Å². The summed E-state index contributed by atoms with van der Waals surface area (Å²) in [6.07, 6.45) is 2.34. The van der Waals surface area contributed by atoms with Crippen molar-refractivity contribution in [2.45, 2.75) is 32.4 Å². The maximum Gasteiger partial charge on any atom is 0.154 e. The number of para-hydroxylation sites is 1. The third kappa shape index (κ3) is 2.47. The van der Waals surface area contributed by atoms with Crippen LogP contribution in [0.4, 0.5) is 0 Å². The lowest BCUT2D eigenvalue weighted by Gasteiger charge is -2.20. The smallest absolute Gasteiger partial charge is 0.154 e. The summed E-state index contributed by atoms with van der Waals surface area (Å²) in [5.41, 5.74) is 2.06. The number of aryl methyl sites for hydroxylation is 1. The highest BCUT2D eigenvalue weighted by Gasteiger charge is 2.29. The summed E-state index contributed by atoms with van der Waals surface area (Å²) in [6, 6.07) is 10.7. The molecule has 0 amide bonds. The lowest BCUT2D eigenvalue weighted by Crippen LogP contribution is -2.22. The van der Waals surface area contributed by atoms with Gasteiger partial charge in [-0.1, -0.05) is 17.3 Å². The summed E-state index contributed by atoms with van der Waals surface area (Å²) >= 11 is 1.79. The molecule has 0 aliphatic carbocycles. The Bertz CT molecular complexity index is 731. The van der Waals surface area contributed by atoms with Crippen LogP contribution in [0, 0.1) is 6.92 Å². The Morgan fingerprint density at radius 3 is 3.10 bits per heavy atom. The summed E-state index contributed by atoms with van der Waals surface area (Å²) in [5.74, 6) is 0.992. The highest BCUT2D eigenvalue weighted by molar-refractivity contribution is 7.18. The molecule has 3 aromatic rings. The van der Waals surface area contributed by atoms with Gasteiger partial charge in [0, 0.05) is 6.07 Å². The Hall–Kier alpha value is -1.72. The largest absolute Gasteiger partial charge is 0.359 e. The van der Waals surface area contributed by atoms with Crippen LogP contribution < -0.4 is 0 Å². The number of likely N-dealkylation sites (tertiary alicyclic amines) is 1. The zero-order valence-corrected chi connectivity index (χ0v) is 12.8. The molecule has 0 unspecified atom stereocenters. The van der Waals surface area contributed by atoms with Gasteiger partial charge in [-0.2, -0.15) is 0 Å². The van der Waals surface area contributed by atoms with Gasteiger partial charge in [0.1, 0.15) is 5.01 Å². The van der Waals surface area contributed by atoms with E-state index in [1.165, 1.54) is 16.1 Å². The molecular formula is C16H17N3OS. The van der Waals surface area contributed by atoms with Gasteiger partial charge in [0.2, 0.25) is 0 Å². The van der Waals surface area contributed by atoms with Gasteiger partial charge in [0.05, 0.1) is 28.5 Å². The molecule has 3 heterocycles. The minimum Gasteiger partial charge on any atom is -0.359 e. The van der Waals surface area contributed by atoms with Crippen LogP contribution in [0.25, 0.3) is 10.2 Å². The van der Waals surface area contributed by atoms with Crippen molar-refractivity contribution < 1.29 is 4.52 Å². The van der Waals surface area contributed by atoms with E-state index >= 15 is 0 Å². The van der Waals surface area contributed by atoms with Crippen LogP contribution in [-0.4, -0.2) is 21.6 Å². The van der Waals surface area contributed by atoms with E-state index in [0.717, 1.165) is 36.5 Å². The van der Waals surface area contributed by atoms with E-state index < -0.39 is 0 Å². The molecule has 1 aromatic carbocycles. The molecule has 0 bridgehead atoms. The molecule has 0 radical (unpaired) electrons. The van der Waals surface area contributed by atoms with Crippen LogP contribution in [0.15, 0.2) is 34.9 Å². The highest BCUT2D eigenvalue weighted by atomic mass is 32.1. The molecule has 1 fully saturated rings. The Morgan fingerprint density at radius 1 is 1.38 bits per heavy atom. The zero-order valence-electron chi connectivity index (χ0n) is 12.0. The first-order valence-electron chi connectivity index (χ1n) is 7.31. The molecule has 2 aromatic heterocycles. The van der Waals surface area contributed by atoms with Gasteiger partial charge in [-0.25, -0.2) is 4.98 Å². The van der Waals surface area contributed by atoms with Crippen LogP contribution in [0.5, 0.6) is 0 Å². The fourth-order valence-electron chi connectivity index (χ4n) is 3.04. The first-order valence-corrected chi connectivity index (χ1v) is 8.13. The van der Waals surface area contributed by atoms with E-state index in [0.29, 0.717) is 6.04 Å². The zero-order chi connectivity index (χ0) is 14.2. The SMILES string of the molecule is Cc1cc([C@H]2CCCN2Cc2nc3ccccc3s2)on1. The van der Waals surface area contributed by atoms with Gasteiger partial charge < -0.3 is 4.52 Å². The van der Waals surface area contributed by atoms with Crippen LogP contribution in [-0.2, 0) is 6.54 Å². The maximum atomic E-state index is 5.47. The number of nitrogens with zero attached hydrogens (tertiary/aromatic N) is 3. The molecule has 0 saturated carbocycles. The molecule has 1 atom stereocenters. The number of hydrogen-bond acceptors (Lipinski definition) is 5. The number of aromatic nitrogens is 2. The minimum atomic E-state index is 0.346. The number of hydrogen-bond donors (Lipinski definition) is 0. The lowest BCUT2D eigenvalue weighted by atomic mass is 10.1. The average molecular weight is 299 g/mol. The fraction of sp³-hybridized carbons (Fsp3) is 0.375. The Morgan fingerprint density at radius 2 is 2.29 bits per heavy atom. The molecule has 4 nitrogen and oxygen atoms in total. The van der Waals surface area contributed by atoms with Crippen LogP contribution in [0.1, 0.15) is 35.3 Å². The standard InChI is InChI=1S/C16H17N3OS/c1-11-9-14(20-18-11)13-6-4-8-19(13)10-16-17-12-5-2-3-7-15(12)21-16/h2-3,5,7,9,13H,4,6,8,10H2,1H3/t13-/m1/s1. The van der Waals surface area contributed by atoms with E-state index in [9.17, 15) is 0 Å². The van der Waals surface area contributed by atoms with E-state index in [1.807, 2.05) is 13.0 Å². The summed E-state index contributed by atoms with van der Waals surface area (Å²) in [5, 5.41) is 5.20. The van der Waals surface area contributed by atoms with Gasteiger partial charge in [0.25, 0.3) is 0 Å². The second-order valence-corrected chi connectivity index (χ2v) is 6.69. The van der Waals surface area contributed by atoms with Gasteiger partial charge >= 0.3 is 0 Å². The monoisotopic (exact) mass is 299 g/mol. The van der Waals surface area contributed by atoms with Gasteiger partial charge in [0.15, 0.2) is 5.76 Å². The van der Waals surface area contributed by atoms with Crippen molar-refractivity contribution in [2.24, 2.45) is 0 Å². The normalized spacial score (nSPS) is 19.6. The fourth-order valence-corrected chi connectivity index (χ4v) is 4.03. The van der Waals surface area contributed by atoms with Crippen molar-refractivity contribution in [3.63, 3.8) is 0 Å². The molecule has 1 aliphatic rings. The van der Waals surface area contributed by atoms with Crippen molar-refractivity contribution in [2.75, 3.05) is 6.54 Å². The molecule has 108 valence electrons. The number of benzene rings is 1. The topological polar surface area (TPSA) is 42.2 Å². The van der Waals surface area contributed by atoms with Crippen LogP contribution in [0.2, 0.25) is 0 Å². The lowest BCUT2D eigenvalue weighted by molar-refractivity contribution is 0.206. The predicted octanol–water partition coefficient (Wildman–Crippen LogP) is 3.93. The molecular weight excluding hydrogens is 282 g/mol. The third-order valence-corrected chi connectivity index (χ3v) is 5.04. The number of thiazole rings is 1. The van der Waals surface area contributed by atoms with Crippen molar-refractivity contribution in [1.82, 2.24) is 15.0 Å². The molecule has 5 heteroatoms. The van der Waals surface area contributed by atoms with Crippen molar-refractivity contribution in [3.05, 3.63) is 46.8 Å². The Balaban J connectivity index is 1.57. The molecule has 1 saturated heterocycles. The highest BCUT2D eigenvalue weighted by Crippen LogP contribution is 2.34. The van der Waals surface area contributed by atoms with Gasteiger partial charge in [-0.05, 0) is 38.4 Å². The van der Waals surface area contributed by atoms with Gasteiger partial charge in [-0.15, -0.1) is 11.3 Å². The third-order valence-electron chi connectivity index (χ3n) is 4.01. The van der Waals surface area contributed by atoms with Crippen molar-refractivity contribution in [1.29, 1.82) is 0 Å². The number of fused-ring (bicyclic) bond motifs is 1. The van der Waals surface area contributed by atoms with Crippen molar-refractivity contribution in [3.8, 4) is 0 Å². The minimum absolute atomic E-state index is 0.346. The summed E-state index contributed by atoms with van der Waals surface area (Å²) in [4.78, 5) is 7.20. The van der Waals surface area contributed by atoms with E-state index in [-0.39, 0.29) is 0 Å². The predicted molar refractivity (Wildman–Crippen MR) is 83.2 cm³/mol. The molecule has 0 spiro atoms. The number of rotatable bonds is 3. The Labute approximate surface area is 127 Å². The summed E-state index contributed by atoms with van der Waals surface area (Å²) < 4.78 is 6.73. The second kappa shape index (κ2) is 5.24. The van der Waals surface area contributed by atoms with Gasteiger partial charge in [-0.3, -0.25) is 4.90 Å². The first kappa shape index (κ1) is 13.0. The molecule has 1 aliphatic heterocycles. The summed E-state index contributed by atoms with van der Waals surface area (Å²) in [6.45, 7) is 3.96. The van der Waals surface area contributed by atoms with Crippen molar-refractivity contribution >= 4 is 21.6 Å². The van der Waals surface area contributed by atoms with E-state index in [2.05, 4.69) is 34.3 Å². The summed E-state index contributed by atoms with van der Waals surface area (Å²) in [7, 11) is 0. The molecule has 0 N–H and O–H groups in total. The second-order valence-electron chi connectivity index (χ2n) is 5.57.